The van der Waals surface area contributed by atoms with E-state index in [2.05, 4.69) is 10.4 Å². The van der Waals surface area contributed by atoms with Gasteiger partial charge in [0.1, 0.15) is 24.5 Å². The SMILES string of the molecule is Cc1cccc(OCCNC(=O)Cn2nc(C3CC3)cc(C(F)(F)F)c2=O)c1. The number of nitrogens with zero attached hydrogens (tertiary/aromatic N) is 2. The zero-order valence-corrected chi connectivity index (χ0v) is 15.3. The van der Waals surface area contributed by atoms with Crippen LogP contribution < -0.4 is 15.6 Å². The summed E-state index contributed by atoms with van der Waals surface area (Å²) in [5.41, 5.74) is -1.38. The number of carbonyl (C=O) groups is 1. The molecule has 1 aromatic heterocycles. The van der Waals surface area contributed by atoms with E-state index in [1.165, 1.54) is 0 Å². The number of ether oxygens (including phenoxy) is 1. The molecular formula is C19H20F3N3O3. The van der Waals surface area contributed by atoms with Gasteiger partial charge in [0.25, 0.3) is 5.56 Å². The summed E-state index contributed by atoms with van der Waals surface area (Å²) in [5, 5.41) is 6.47. The molecule has 0 atom stereocenters. The van der Waals surface area contributed by atoms with Crippen LogP contribution in [0.15, 0.2) is 35.1 Å². The molecule has 0 spiro atoms. The van der Waals surface area contributed by atoms with Crippen molar-refractivity contribution >= 4 is 5.91 Å². The molecule has 1 aromatic carbocycles. The van der Waals surface area contributed by atoms with Crippen LogP contribution in [0.25, 0.3) is 0 Å². The summed E-state index contributed by atoms with van der Waals surface area (Å²) < 4.78 is 45.4. The van der Waals surface area contributed by atoms with E-state index in [1.807, 2.05) is 25.1 Å². The minimum atomic E-state index is -4.79. The third kappa shape index (κ3) is 5.11. The second-order valence-corrected chi connectivity index (χ2v) is 6.73. The Morgan fingerprint density at radius 1 is 1.32 bits per heavy atom. The summed E-state index contributed by atoms with van der Waals surface area (Å²) in [5.74, 6) is -0.0404. The van der Waals surface area contributed by atoms with Gasteiger partial charge in [0.05, 0.1) is 12.2 Å². The first kappa shape index (κ1) is 19.9. The molecule has 1 fully saturated rings. The van der Waals surface area contributed by atoms with E-state index in [0.29, 0.717) is 10.4 Å². The van der Waals surface area contributed by atoms with Crippen molar-refractivity contribution in [1.82, 2.24) is 15.1 Å². The molecule has 3 rings (SSSR count). The smallest absolute Gasteiger partial charge is 0.421 e. The van der Waals surface area contributed by atoms with Crippen LogP contribution in [0.3, 0.4) is 0 Å². The molecule has 28 heavy (non-hydrogen) atoms. The lowest BCUT2D eigenvalue weighted by Gasteiger charge is -2.12. The van der Waals surface area contributed by atoms with Gasteiger partial charge in [0, 0.05) is 5.92 Å². The predicted molar refractivity (Wildman–Crippen MR) is 95.2 cm³/mol. The van der Waals surface area contributed by atoms with Gasteiger partial charge >= 0.3 is 6.18 Å². The number of hydrogen-bond donors (Lipinski definition) is 1. The Morgan fingerprint density at radius 2 is 2.07 bits per heavy atom. The quantitative estimate of drug-likeness (QED) is 0.732. The monoisotopic (exact) mass is 395 g/mol. The Hall–Kier alpha value is -2.84. The Balaban J connectivity index is 1.60. The number of alkyl halides is 3. The zero-order chi connectivity index (χ0) is 20.3. The fourth-order valence-electron chi connectivity index (χ4n) is 2.71. The second kappa shape index (κ2) is 8.04. The number of hydrogen-bond acceptors (Lipinski definition) is 4. The summed E-state index contributed by atoms with van der Waals surface area (Å²) >= 11 is 0. The van der Waals surface area contributed by atoms with Crippen molar-refractivity contribution in [3.63, 3.8) is 0 Å². The molecule has 1 aliphatic carbocycles. The van der Waals surface area contributed by atoms with Crippen LogP contribution in [0.4, 0.5) is 13.2 Å². The maximum absolute atomic E-state index is 13.1. The number of halogens is 3. The lowest BCUT2D eigenvalue weighted by atomic mass is 10.2. The molecule has 150 valence electrons. The number of benzene rings is 1. The van der Waals surface area contributed by atoms with Crippen molar-refractivity contribution in [2.45, 2.75) is 38.4 Å². The molecule has 2 aromatic rings. The lowest BCUT2D eigenvalue weighted by molar-refractivity contribution is -0.139. The summed E-state index contributed by atoms with van der Waals surface area (Å²) in [4.78, 5) is 24.1. The normalized spacial score (nSPS) is 14.0. The number of amides is 1. The number of aromatic nitrogens is 2. The maximum Gasteiger partial charge on any atom is 0.421 e. The van der Waals surface area contributed by atoms with Gasteiger partial charge in [-0.05, 0) is 43.5 Å². The molecule has 1 aliphatic rings. The van der Waals surface area contributed by atoms with Crippen molar-refractivity contribution in [2.24, 2.45) is 0 Å². The molecule has 0 unspecified atom stereocenters. The zero-order valence-electron chi connectivity index (χ0n) is 15.3. The van der Waals surface area contributed by atoms with Crippen LogP contribution in [0.2, 0.25) is 0 Å². The Kier molecular flexibility index (Phi) is 5.71. The molecule has 0 radical (unpaired) electrons. The minimum Gasteiger partial charge on any atom is -0.492 e. The first-order valence-electron chi connectivity index (χ1n) is 8.89. The molecule has 9 heteroatoms. The van der Waals surface area contributed by atoms with Gasteiger partial charge in [0.15, 0.2) is 0 Å². The van der Waals surface area contributed by atoms with Crippen LogP contribution in [0.1, 0.15) is 35.6 Å². The van der Waals surface area contributed by atoms with Crippen molar-refractivity contribution in [3.05, 3.63) is 57.5 Å². The topological polar surface area (TPSA) is 73.2 Å². The molecule has 1 amide bonds. The summed E-state index contributed by atoms with van der Waals surface area (Å²) in [6.45, 7) is 1.68. The van der Waals surface area contributed by atoms with Crippen LogP contribution in [-0.4, -0.2) is 28.8 Å². The Labute approximate surface area is 159 Å². The minimum absolute atomic E-state index is 0.0845. The third-order valence-corrected chi connectivity index (χ3v) is 4.27. The number of aryl methyl sites for hydroxylation is 1. The average Bonchev–Trinajstić information content (AvgIpc) is 3.45. The number of rotatable bonds is 7. The van der Waals surface area contributed by atoms with Gasteiger partial charge in [-0.15, -0.1) is 0 Å². The van der Waals surface area contributed by atoms with Crippen LogP contribution in [0.5, 0.6) is 5.75 Å². The molecule has 0 bridgehead atoms. The molecule has 0 aliphatic heterocycles. The van der Waals surface area contributed by atoms with Gasteiger partial charge in [-0.3, -0.25) is 9.59 Å². The number of carbonyl (C=O) groups excluding carboxylic acids is 1. The Morgan fingerprint density at radius 3 is 2.71 bits per heavy atom. The standard InChI is InChI=1S/C19H20F3N3O3/c1-12-3-2-4-14(9-12)28-8-7-23-17(26)11-25-18(27)15(19(20,21)22)10-16(24-25)13-5-6-13/h2-4,9-10,13H,5-8,11H2,1H3,(H,23,26). The van der Waals surface area contributed by atoms with E-state index in [-0.39, 0.29) is 24.8 Å². The summed E-state index contributed by atoms with van der Waals surface area (Å²) in [6.07, 6.45) is -3.33. The first-order chi connectivity index (χ1) is 13.2. The highest BCUT2D eigenvalue weighted by Gasteiger charge is 2.37. The maximum atomic E-state index is 13.1. The highest BCUT2D eigenvalue weighted by molar-refractivity contribution is 5.75. The molecule has 1 heterocycles. The average molecular weight is 395 g/mol. The molecule has 0 saturated heterocycles. The molecular weight excluding hydrogens is 375 g/mol. The van der Waals surface area contributed by atoms with E-state index in [9.17, 15) is 22.8 Å². The van der Waals surface area contributed by atoms with Crippen molar-refractivity contribution in [1.29, 1.82) is 0 Å². The van der Waals surface area contributed by atoms with Gasteiger partial charge < -0.3 is 10.1 Å². The van der Waals surface area contributed by atoms with Gasteiger partial charge in [-0.25, -0.2) is 4.68 Å². The molecule has 1 saturated carbocycles. The molecule has 6 nitrogen and oxygen atoms in total. The highest BCUT2D eigenvalue weighted by atomic mass is 19.4. The predicted octanol–water partition coefficient (Wildman–Crippen LogP) is 2.64. The fourth-order valence-corrected chi connectivity index (χ4v) is 2.71. The largest absolute Gasteiger partial charge is 0.492 e. The van der Waals surface area contributed by atoms with Crippen molar-refractivity contribution in [3.8, 4) is 5.75 Å². The van der Waals surface area contributed by atoms with E-state index >= 15 is 0 Å². The summed E-state index contributed by atoms with van der Waals surface area (Å²) in [6, 6.07) is 8.18. The first-order valence-corrected chi connectivity index (χ1v) is 8.89. The van der Waals surface area contributed by atoms with Gasteiger partial charge in [0.2, 0.25) is 5.91 Å². The van der Waals surface area contributed by atoms with E-state index < -0.39 is 29.8 Å². The van der Waals surface area contributed by atoms with Crippen LogP contribution in [0, 0.1) is 6.92 Å². The van der Waals surface area contributed by atoms with Crippen molar-refractivity contribution < 1.29 is 22.7 Å². The van der Waals surface area contributed by atoms with Gasteiger partial charge in [-0.2, -0.15) is 18.3 Å². The van der Waals surface area contributed by atoms with E-state index in [0.717, 1.165) is 24.5 Å². The second-order valence-electron chi connectivity index (χ2n) is 6.73. The van der Waals surface area contributed by atoms with E-state index in [1.54, 1.807) is 6.07 Å². The van der Waals surface area contributed by atoms with Crippen LogP contribution >= 0.6 is 0 Å². The van der Waals surface area contributed by atoms with E-state index in [4.69, 9.17) is 4.74 Å². The summed E-state index contributed by atoms with van der Waals surface area (Å²) in [7, 11) is 0. The number of nitrogens with one attached hydrogen (secondary N) is 1. The third-order valence-electron chi connectivity index (χ3n) is 4.27. The Bertz CT molecular complexity index is 921. The highest BCUT2D eigenvalue weighted by Crippen LogP contribution is 2.40. The van der Waals surface area contributed by atoms with Crippen molar-refractivity contribution in [2.75, 3.05) is 13.2 Å². The van der Waals surface area contributed by atoms with Gasteiger partial charge in [-0.1, -0.05) is 12.1 Å². The fraction of sp³-hybridized carbons (Fsp3) is 0.421. The lowest BCUT2D eigenvalue weighted by Crippen LogP contribution is -2.38. The van der Waals surface area contributed by atoms with Crippen LogP contribution in [-0.2, 0) is 17.5 Å². The molecule has 1 N–H and O–H groups in total.